The van der Waals surface area contributed by atoms with Gasteiger partial charge in [0.1, 0.15) is 5.69 Å². The normalized spacial score (nSPS) is 16.4. The van der Waals surface area contributed by atoms with Crippen molar-refractivity contribution in [2.45, 2.75) is 25.5 Å². The first-order valence-corrected chi connectivity index (χ1v) is 9.21. The molecule has 0 radical (unpaired) electrons. The van der Waals surface area contributed by atoms with E-state index in [-0.39, 0.29) is 12.0 Å². The Morgan fingerprint density at radius 2 is 2.11 bits per heavy atom. The van der Waals surface area contributed by atoms with Crippen LogP contribution >= 0.6 is 0 Å². The summed E-state index contributed by atoms with van der Waals surface area (Å²) in [4.78, 5) is 17.0. The third-order valence-electron chi connectivity index (χ3n) is 4.64. The summed E-state index contributed by atoms with van der Waals surface area (Å²) in [5, 5.41) is 7.65. The zero-order valence-corrected chi connectivity index (χ0v) is 15.0. The van der Waals surface area contributed by atoms with Crippen molar-refractivity contribution in [1.82, 2.24) is 20.1 Å². The molecule has 4 rings (SSSR count). The monoisotopic (exact) mass is 362 g/mol. The Balaban J connectivity index is 1.58. The molecular weight excluding hydrogens is 340 g/mol. The van der Waals surface area contributed by atoms with Crippen LogP contribution in [-0.2, 0) is 11.3 Å². The molecule has 0 bridgehead atoms. The van der Waals surface area contributed by atoms with Gasteiger partial charge in [-0.05, 0) is 30.5 Å². The second kappa shape index (κ2) is 8.14. The number of rotatable bonds is 6. The molecule has 2 aromatic heterocycles. The van der Waals surface area contributed by atoms with E-state index in [1.807, 2.05) is 42.5 Å². The Morgan fingerprint density at radius 1 is 1.22 bits per heavy atom. The number of carbonyl (C=O) groups excluding carboxylic acids is 1. The van der Waals surface area contributed by atoms with Gasteiger partial charge in [0, 0.05) is 37.3 Å². The summed E-state index contributed by atoms with van der Waals surface area (Å²) in [5.41, 5.74) is 3.15. The minimum atomic E-state index is -0.135. The van der Waals surface area contributed by atoms with E-state index in [2.05, 4.69) is 15.4 Å². The zero-order chi connectivity index (χ0) is 18.5. The van der Waals surface area contributed by atoms with Gasteiger partial charge >= 0.3 is 0 Å². The molecular formula is C21H22N4O2. The van der Waals surface area contributed by atoms with Crippen LogP contribution in [-0.4, -0.2) is 39.9 Å². The van der Waals surface area contributed by atoms with Crippen LogP contribution in [0, 0.1) is 0 Å². The molecule has 1 saturated heterocycles. The second-order valence-corrected chi connectivity index (χ2v) is 6.66. The molecule has 3 aromatic rings. The van der Waals surface area contributed by atoms with E-state index in [1.54, 1.807) is 23.3 Å². The fraction of sp³-hybridized carbons (Fsp3) is 0.286. The lowest BCUT2D eigenvalue weighted by Gasteiger charge is -2.10. The molecule has 1 aromatic carbocycles. The molecule has 0 unspecified atom stereocenters. The first kappa shape index (κ1) is 17.4. The summed E-state index contributed by atoms with van der Waals surface area (Å²) < 4.78 is 7.40. The van der Waals surface area contributed by atoms with Gasteiger partial charge in [-0.15, -0.1) is 0 Å². The van der Waals surface area contributed by atoms with Crippen LogP contribution in [0.2, 0.25) is 0 Å². The van der Waals surface area contributed by atoms with Gasteiger partial charge in [-0.25, -0.2) is 0 Å². The second-order valence-electron chi connectivity index (χ2n) is 6.66. The highest BCUT2D eigenvalue weighted by Gasteiger charge is 2.21. The van der Waals surface area contributed by atoms with Crippen LogP contribution in [0.15, 0.2) is 61.1 Å². The van der Waals surface area contributed by atoms with Crippen molar-refractivity contribution in [2.75, 3.05) is 13.2 Å². The Morgan fingerprint density at radius 3 is 2.85 bits per heavy atom. The van der Waals surface area contributed by atoms with Crippen LogP contribution in [0.3, 0.4) is 0 Å². The van der Waals surface area contributed by atoms with Crippen LogP contribution < -0.4 is 5.32 Å². The summed E-state index contributed by atoms with van der Waals surface area (Å²) in [6.45, 7) is 1.90. The summed E-state index contributed by atoms with van der Waals surface area (Å²) in [6, 6.07) is 13.8. The van der Waals surface area contributed by atoms with E-state index in [1.165, 1.54) is 0 Å². The van der Waals surface area contributed by atoms with Crippen molar-refractivity contribution in [3.8, 4) is 11.3 Å². The minimum Gasteiger partial charge on any atom is -0.376 e. The standard InChI is InChI=1S/C21H22N4O2/c26-21(23-13-18-9-5-11-27-18)19-15-25(14-16-6-2-1-3-7-16)24-20(19)17-8-4-10-22-12-17/h1-4,6-8,10,12,15,18H,5,9,11,13-14H2,(H,23,26)/t18-/m0/s1. The van der Waals surface area contributed by atoms with Gasteiger partial charge in [-0.3, -0.25) is 14.5 Å². The van der Waals surface area contributed by atoms with E-state index in [9.17, 15) is 4.79 Å². The fourth-order valence-electron chi connectivity index (χ4n) is 3.26. The summed E-state index contributed by atoms with van der Waals surface area (Å²) >= 11 is 0. The average Bonchev–Trinajstić information content (AvgIpc) is 3.38. The minimum absolute atomic E-state index is 0.107. The number of ether oxygens (including phenoxy) is 1. The predicted octanol–water partition coefficient (Wildman–Crippen LogP) is 2.90. The highest BCUT2D eigenvalue weighted by atomic mass is 16.5. The quantitative estimate of drug-likeness (QED) is 0.732. The third kappa shape index (κ3) is 4.23. The maximum Gasteiger partial charge on any atom is 0.255 e. The molecule has 0 aliphatic carbocycles. The number of carbonyl (C=O) groups is 1. The first-order valence-electron chi connectivity index (χ1n) is 9.21. The Hall–Kier alpha value is -2.99. The van der Waals surface area contributed by atoms with E-state index in [0.717, 1.165) is 30.6 Å². The zero-order valence-electron chi connectivity index (χ0n) is 15.0. The lowest BCUT2D eigenvalue weighted by Crippen LogP contribution is -2.31. The van der Waals surface area contributed by atoms with Gasteiger partial charge in [0.15, 0.2) is 0 Å². The lowest BCUT2D eigenvalue weighted by atomic mass is 10.1. The van der Waals surface area contributed by atoms with Gasteiger partial charge in [-0.2, -0.15) is 5.10 Å². The SMILES string of the molecule is O=C(NC[C@@H]1CCCO1)c1cn(Cc2ccccc2)nc1-c1cccnc1. The van der Waals surface area contributed by atoms with E-state index < -0.39 is 0 Å². The largest absolute Gasteiger partial charge is 0.376 e. The molecule has 1 N–H and O–H groups in total. The summed E-state index contributed by atoms with van der Waals surface area (Å²) in [5.74, 6) is -0.135. The Kier molecular flexibility index (Phi) is 5.25. The van der Waals surface area contributed by atoms with Crippen LogP contribution in [0.4, 0.5) is 0 Å². The summed E-state index contributed by atoms with van der Waals surface area (Å²) in [7, 11) is 0. The van der Waals surface area contributed by atoms with E-state index in [4.69, 9.17) is 4.74 Å². The molecule has 1 amide bonds. The molecule has 1 fully saturated rings. The van der Waals surface area contributed by atoms with Crippen LogP contribution in [0.25, 0.3) is 11.3 Å². The first-order chi connectivity index (χ1) is 13.3. The van der Waals surface area contributed by atoms with Crippen LogP contribution in [0.5, 0.6) is 0 Å². The number of nitrogens with one attached hydrogen (secondary N) is 1. The number of nitrogens with zero attached hydrogens (tertiary/aromatic N) is 3. The predicted molar refractivity (Wildman–Crippen MR) is 102 cm³/mol. The van der Waals surface area contributed by atoms with Crippen molar-refractivity contribution >= 4 is 5.91 Å². The molecule has 1 atom stereocenters. The topological polar surface area (TPSA) is 69.0 Å². The van der Waals surface area contributed by atoms with Crippen molar-refractivity contribution < 1.29 is 9.53 Å². The van der Waals surface area contributed by atoms with Crippen molar-refractivity contribution in [3.63, 3.8) is 0 Å². The summed E-state index contributed by atoms with van der Waals surface area (Å²) in [6.07, 6.45) is 7.39. The number of aromatic nitrogens is 3. The maximum atomic E-state index is 12.8. The fourth-order valence-corrected chi connectivity index (χ4v) is 3.26. The molecule has 6 nitrogen and oxygen atoms in total. The third-order valence-corrected chi connectivity index (χ3v) is 4.64. The maximum absolute atomic E-state index is 12.8. The molecule has 6 heteroatoms. The van der Waals surface area contributed by atoms with Gasteiger partial charge in [0.05, 0.1) is 18.2 Å². The Labute approximate surface area is 158 Å². The lowest BCUT2D eigenvalue weighted by molar-refractivity contribution is 0.0858. The van der Waals surface area contributed by atoms with Crippen molar-refractivity contribution in [3.05, 3.63) is 72.2 Å². The molecule has 0 spiro atoms. The van der Waals surface area contributed by atoms with Gasteiger partial charge in [-0.1, -0.05) is 30.3 Å². The van der Waals surface area contributed by atoms with Gasteiger partial charge in [0.25, 0.3) is 5.91 Å². The van der Waals surface area contributed by atoms with Gasteiger partial charge < -0.3 is 10.1 Å². The number of hydrogen-bond donors (Lipinski definition) is 1. The highest BCUT2D eigenvalue weighted by molar-refractivity contribution is 5.99. The molecule has 1 aliphatic heterocycles. The number of hydrogen-bond acceptors (Lipinski definition) is 4. The molecule has 27 heavy (non-hydrogen) atoms. The van der Waals surface area contributed by atoms with Crippen molar-refractivity contribution in [1.29, 1.82) is 0 Å². The van der Waals surface area contributed by atoms with Crippen LogP contribution in [0.1, 0.15) is 28.8 Å². The average molecular weight is 362 g/mol. The number of pyridine rings is 1. The number of benzene rings is 1. The highest BCUT2D eigenvalue weighted by Crippen LogP contribution is 2.22. The van der Waals surface area contributed by atoms with E-state index in [0.29, 0.717) is 24.3 Å². The Bertz CT molecular complexity index is 887. The number of amides is 1. The molecule has 1 aliphatic rings. The smallest absolute Gasteiger partial charge is 0.255 e. The molecule has 3 heterocycles. The molecule has 0 saturated carbocycles. The van der Waals surface area contributed by atoms with Gasteiger partial charge in [0.2, 0.25) is 0 Å². The molecule has 138 valence electrons. The van der Waals surface area contributed by atoms with E-state index >= 15 is 0 Å². The van der Waals surface area contributed by atoms with Crippen molar-refractivity contribution in [2.24, 2.45) is 0 Å².